The number of aliphatic hydroxyl groups is 2. The molecule has 15 nitrogen and oxygen atoms in total. The lowest BCUT2D eigenvalue weighted by molar-refractivity contribution is 0.218. The summed E-state index contributed by atoms with van der Waals surface area (Å²) in [6, 6.07) is 29.3. The number of pyridine rings is 1. The first-order valence-corrected chi connectivity index (χ1v) is 26.8. The lowest BCUT2D eigenvalue weighted by atomic mass is 9.90. The lowest BCUT2D eigenvalue weighted by Gasteiger charge is -2.27. The molecule has 0 atom stereocenters. The van der Waals surface area contributed by atoms with Crippen molar-refractivity contribution in [1.29, 1.82) is 5.26 Å². The Morgan fingerprint density at radius 2 is 1.28 bits per heavy atom. The molecule has 0 saturated heterocycles. The third-order valence-corrected chi connectivity index (χ3v) is 14.5. The zero-order valence-electron chi connectivity index (χ0n) is 42.7. The maximum absolute atomic E-state index is 10.8. The van der Waals surface area contributed by atoms with Crippen LogP contribution in [0.3, 0.4) is 0 Å². The SMILES string of the molecule is C.CC.CS(=O)(=O)N(CCO)CCO.Cc1cc(C)c(Nc2nc(N(c3nc4ccccc4s3)c3c(C)cc(C)cc3C)cc(C)c2N=Nc2c(C#N)c(C(C)(C)C)nn2-c2nc3ccccc3s2)c(C)c1. The monoisotopic (exact) mass is 1030 g/mol. The van der Waals surface area contributed by atoms with E-state index in [2.05, 4.69) is 88.2 Å². The van der Waals surface area contributed by atoms with E-state index in [9.17, 15) is 13.7 Å². The predicted octanol–water partition coefficient (Wildman–Crippen LogP) is 13.3. The standard InChI is InChI=1S/C46H44N10S2.C5H13NO4S.C2H6.CH4/c1-25-19-27(3)38(28(4)20-25)51-42-39(52-53-43-32(24-47)41(46(8,9)10)54-56(43)45-49-34-16-12-14-18-36(34)58-45)29(5)23-37(50-42)55(40-30(6)21-26(2)22-31(40)7)44-48-33-15-11-13-17-35(33)57-44;1-11(9,10)6(2-4-7)3-5-8;1-2;/h11-23H,1-10H3,(H,50,51);7-8H,2-5H2,1H3;1-2H3;1H4. The van der Waals surface area contributed by atoms with Gasteiger partial charge in [0.05, 0.1) is 51.3 Å². The number of azo groups is 1. The second-order valence-corrected chi connectivity index (χ2v) is 22.0. The topological polar surface area (TPSA) is 198 Å². The Morgan fingerprint density at radius 1 is 0.750 bits per heavy atom. The van der Waals surface area contributed by atoms with Gasteiger partial charge >= 0.3 is 0 Å². The van der Waals surface area contributed by atoms with E-state index in [0.717, 1.165) is 75.3 Å². The molecule has 0 spiro atoms. The van der Waals surface area contributed by atoms with Crippen molar-refractivity contribution < 1.29 is 18.6 Å². The van der Waals surface area contributed by atoms with Gasteiger partial charge in [0.25, 0.3) is 0 Å². The van der Waals surface area contributed by atoms with Gasteiger partial charge in [0.1, 0.15) is 23.1 Å². The first kappa shape index (κ1) is 56.5. The maximum Gasteiger partial charge on any atom is 0.213 e. The Bertz CT molecular complexity index is 3260. The average Bonchev–Trinajstić information content (AvgIpc) is 4.04. The Labute approximate surface area is 432 Å². The van der Waals surface area contributed by atoms with Crippen LogP contribution in [-0.2, 0) is 15.4 Å². The fourth-order valence-electron chi connectivity index (χ4n) is 8.24. The van der Waals surface area contributed by atoms with Gasteiger partial charge in [0.15, 0.2) is 16.8 Å². The molecule has 0 aliphatic rings. The predicted molar refractivity (Wildman–Crippen MR) is 298 cm³/mol. The molecule has 0 aliphatic carbocycles. The molecule has 0 saturated carbocycles. The van der Waals surface area contributed by atoms with Crippen molar-refractivity contribution in [3.05, 3.63) is 129 Å². The Morgan fingerprint density at radius 3 is 1.78 bits per heavy atom. The molecular weight excluding hydrogens is 963 g/mol. The number of nitriles is 1. The molecule has 0 bridgehead atoms. The lowest BCUT2D eigenvalue weighted by Crippen LogP contribution is -2.34. The van der Waals surface area contributed by atoms with Gasteiger partial charge < -0.3 is 15.5 Å². The molecule has 18 heteroatoms. The molecule has 3 N–H and O–H groups in total. The van der Waals surface area contributed by atoms with Crippen molar-refractivity contribution >= 4 is 92.8 Å². The number of nitrogens with zero attached hydrogens (tertiary/aromatic N) is 10. The van der Waals surface area contributed by atoms with E-state index < -0.39 is 15.4 Å². The van der Waals surface area contributed by atoms with Crippen LogP contribution in [0, 0.1) is 59.8 Å². The summed E-state index contributed by atoms with van der Waals surface area (Å²) in [5.41, 5.74) is 12.4. The average molecular weight is 1030 g/mol. The van der Waals surface area contributed by atoms with E-state index in [1.165, 1.54) is 22.5 Å². The van der Waals surface area contributed by atoms with Crippen LogP contribution in [0.5, 0.6) is 0 Å². The molecule has 4 heterocycles. The molecule has 0 unspecified atom stereocenters. The maximum atomic E-state index is 10.8. The Balaban J connectivity index is 0.000000611. The van der Waals surface area contributed by atoms with Crippen molar-refractivity contribution in [3.63, 3.8) is 0 Å². The van der Waals surface area contributed by atoms with Gasteiger partial charge in [-0.3, -0.25) is 4.90 Å². The summed E-state index contributed by atoms with van der Waals surface area (Å²) >= 11 is 3.12. The minimum absolute atomic E-state index is 0. The quantitative estimate of drug-likeness (QED) is 0.0929. The number of anilines is 5. The highest BCUT2D eigenvalue weighted by atomic mass is 32.2. The van der Waals surface area contributed by atoms with E-state index >= 15 is 0 Å². The fraction of sp³-hybridized carbons (Fsp3) is 0.352. The Kier molecular flexibility index (Phi) is 18.7. The van der Waals surface area contributed by atoms with Gasteiger partial charge in [0, 0.05) is 24.2 Å². The molecule has 4 aromatic heterocycles. The second kappa shape index (κ2) is 23.8. The van der Waals surface area contributed by atoms with E-state index in [1.54, 1.807) is 16.0 Å². The van der Waals surface area contributed by atoms with E-state index in [-0.39, 0.29) is 33.7 Å². The van der Waals surface area contributed by atoms with Crippen LogP contribution in [0.25, 0.3) is 25.6 Å². The third kappa shape index (κ3) is 12.6. The first-order chi connectivity index (χ1) is 33.7. The number of sulfonamides is 1. The zero-order valence-corrected chi connectivity index (χ0v) is 45.2. The van der Waals surface area contributed by atoms with E-state index in [0.29, 0.717) is 39.5 Å². The molecule has 72 heavy (non-hydrogen) atoms. The number of aliphatic hydroxyl groups excluding tert-OH is 2. The Hall–Kier alpha value is -6.46. The third-order valence-electron chi connectivity index (χ3n) is 11.2. The normalized spacial score (nSPS) is 11.5. The van der Waals surface area contributed by atoms with E-state index in [1.807, 2.05) is 90.1 Å². The van der Waals surface area contributed by atoms with Gasteiger partial charge in [-0.2, -0.15) is 19.3 Å². The molecule has 380 valence electrons. The molecule has 0 aliphatic heterocycles. The smallest absolute Gasteiger partial charge is 0.213 e. The molecule has 0 amide bonds. The van der Waals surface area contributed by atoms with Gasteiger partial charge in [-0.15, -0.1) is 10.2 Å². The minimum Gasteiger partial charge on any atom is -0.395 e. The van der Waals surface area contributed by atoms with Crippen LogP contribution in [0.4, 0.5) is 39.6 Å². The highest BCUT2D eigenvalue weighted by molar-refractivity contribution is 7.88. The van der Waals surface area contributed by atoms with Crippen LogP contribution in [0.15, 0.2) is 89.1 Å². The van der Waals surface area contributed by atoms with Crippen molar-refractivity contribution in [2.24, 2.45) is 10.2 Å². The van der Waals surface area contributed by atoms with Crippen LogP contribution in [0.1, 0.15) is 92.2 Å². The molecule has 4 aromatic carbocycles. The number of hydrogen-bond donors (Lipinski definition) is 3. The van der Waals surface area contributed by atoms with Crippen LogP contribution >= 0.6 is 22.7 Å². The summed E-state index contributed by atoms with van der Waals surface area (Å²) in [4.78, 5) is 17.6. The van der Waals surface area contributed by atoms with Crippen molar-refractivity contribution in [2.75, 3.05) is 42.8 Å². The largest absolute Gasteiger partial charge is 0.395 e. The summed E-state index contributed by atoms with van der Waals surface area (Å²) < 4.78 is 26.4. The van der Waals surface area contributed by atoms with Crippen LogP contribution in [0.2, 0.25) is 0 Å². The fourth-order valence-corrected chi connectivity index (χ4v) is 11.0. The van der Waals surface area contributed by atoms with E-state index in [4.69, 9.17) is 40.5 Å². The summed E-state index contributed by atoms with van der Waals surface area (Å²) in [6.07, 6.45) is 1.04. The summed E-state index contributed by atoms with van der Waals surface area (Å²) in [5, 5.41) is 47.4. The highest BCUT2D eigenvalue weighted by Gasteiger charge is 2.30. The number of benzene rings is 4. The second-order valence-electron chi connectivity index (χ2n) is 18.0. The van der Waals surface area contributed by atoms with Crippen LogP contribution in [-0.4, -0.2) is 80.2 Å². The number of nitrogens with one attached hydrogen (secondary N) is 1. The molecular formula is C54H67N11O4S3. The molecule has 8 aromatic rings. The number of thiazole rings is 2. The molecule has 0 radical (unpaired) electrons. The number of para-hydroxylation sites is 2. The summed E-state index contributed by atoms with van der Waals surface area (Å²) in [6.45, 7) is 24.4. The van der Waals surface area contributed by atoms with Gasteiger partial charge in [-0.1, -0.05) is 124 Å². The van der Waals surface area contributed by atoms with Gasteiger partial charge in [-0.25, -0.2) is 23.4 Å². The van der Waals surface area contributed by atoms with Crippen molar-refractivity contribution in [3.8, 4) is 11.2 Å². The number of rotatable bonds is 13. The number of aromatic nitrogens is 5. The zero-order chi connectivity index (χ0) is 51.9. The van der Waals surface area contributed by atoms with Crippen molar-refractivity contribution in [1.82, 2.24) is 29.0 Å². The number of fused-ring (bicyclic) bond motifs is 2. The molecule has 8 rings (SSSR count). The molecule has 0 fully saturated rings. The van der Waals surface area contributed by atoms with Crippen LogP contribution < -0.4 is 10.2 Å². The van der Waals surface area contributed by atoms with Crippen molar-refractivity contribution in [2.45, 2.75) is 95.9 Å². The summed E-state index contributed by atoms with van der Waals surface area (Å²) in [7, 11) is -3.28. The number of aryl methyl sites for hydroxylation is 7. The first-order valence-electron chi connectivity index (χ1n) is 23.3. The minimum atomic E-state index is -3.28. The summed E-state index contributed by atoms with van der Waals surface area (Å²) in [5.74, 6) is 1.51. The number of hydrogen-bond acceptors (Lipinski definition) is 15. The van der Waals surface area contributed by atoms with Gasteiger partial charge in [0.2, 0.25) is 15.2 Å². The highest BCUT2D eigenvalue weighted by Crippen LogP contribution is 2.45. The van der Waals surface area contributed by atoms with Gasteiger partial charge in [-0.05, 0) is 107 Å².